The van der Waals surface area contributed by atoms with Crippen LogP contribution in [0.15, 0.2) is 22.7 Å². The monoisotopic (exact) mass is 342 g/mol. The molecule has 20 heavy (non-hydrogen) atoms. The van der Waals surface area contributed by atoms with E-state index in [-0.39, 0.29) is 22.5 Å². The second-order valence-corrected chi connectivity index (χ2v) is 5.70. The number of nitrogens with zero attached hydrogens (tertiary/aromatic N) is 2. The summed E-state index contributed by atoms with van der Waals surface area (Å²) in [6.45, 7) is 1.46. The third-order valence-electron chi connectivity index (χ3n) is 3.36. The first-order chi connectivity index (χ1) is 9.50. The van der Waals surface area contributed by atoms with Crippen molar-refractivity contribution in [2.75, 3.05) is 26.7 Å². The zero-order valence-corrected chi connectivity index (χ0v) is 12.8. The van der Waals surface area contributed by atoms with E-state index in [1.165, 1.54) is 24.1 Å². The minimum Gasteiger partial charge on any atom is -0.341 e. The highest BCUT2D eigenvalue weighted by Gasteiger charge is 2.23. The van der Waals surface area contributed by atoms with Gasteiger partial charge < -0.3 is 9.80 Å². The topological polar surface area (TPSA) is 40.6 Å². The molecule has 0 aliphatic carbocycles. The molecular formula is C14H16BrFN2O2. The van der Waals surface area contributed by atoms with Crippen LogP contribution < -0.4 is 0 Å². The molecule has 6 heteroatoms. The summed E-state index contributed by atoms with van der Waals surface area (Å²) in [6, 6.07) is 4.54. The minimum absolute atomic E-state index is 0.0230. The van der Waals surface area contributed by atoms with Crippen LogP contribution in [-0.4, -0.2) is 48.3 Å². The second kappa shape index (κ2) is 6.35. The van der Waals surface area contributed by atoms with Gasteiger partial charge in [-0.2, -0.15) is 0 Å². The molecule has 108 valence electrons. The summed E-state index contributed by atoms with van der Waals surface area (Å²) in [5, 5.41) is 0. The van der Waals surface area contributed by atoms with E-state index in [9.17, 15) is 14.0 Å². The van der Waals surface area contributed by atoms with Crippen LogP contribution in [0.3, 0.4) is 0 Å². The zero-order chi connectivity index (χ0) is 14.7. The smallest absolute Gasteiger partial charge is 0.257 e. The highest BCUT2D eigenvalue weighted by atomic mass is 79.9. The van der Waals surface area contributed by atoms with Crippen LogP contribution in [0.4, 0.5) is 4.39 Å². The number of likely N-dealkylation sites (N-methyl/N-ethyl adjacent to an activating group) is 1. The molecule has 1 fully saturated rings. The SMILES string of the molecule is CN(CC(=O)N1CCCC1)C(=O)c1cccc(Br)c1F. The van der Waals surface area contributed by atoms with Crippen LogP contribution in [0.5, 0.6) is 0 Å². The van der Waals surface area contributed by atoms with E-state index in [0.717, 1.165) is 25.9 Å². The van der Waals surface area contributed by atoms with E-state index in [2.05, 4.69) is 15.9 Å². The number of amides is 2. The van der Waals surface area contributed by atoms with Crippen molar-refractivity contribution < 1.29 is 14.0 Å². The zero-order valence-electron chi connectivity index (χ0n) is 11.2. The van der Waals surface area contributed by atoms with Crippen molar-refractivity contribution in [2.24, 2.45) is 0 Å². The third-order valence-corrected chi connectivity index (χ3v) is 3.97. The summed E-state index contributed by atoms with van der Waals surface area (Å²) >= 11 is 3.05. The Morgan fingerprint density at radius 1 is 1.35 bits per heavy atom. The molecular weight excluding hydrogens is 327 g/mol. The molecule has 1 saturated heterocycles. The Bertz CT molecular complexity index is 530. The Balaban J connectivity index is 2.04. The van der Waals surface area contributed by atoms with Crippen molar-refractivity contribution in [3.63, 3.8) is 0 Å². The Kier molecular flexibility index (Phi) is 4.75. The largest absolute Gasteiger partial charge is 0.341 e. The molecule has 1 aliphatic heterocycles. The van der Waals surface area contributed by atoms with Crippen molar-refractivity contribution in [3.8, 4) is 0 Å². The lowest BCUT2D eigenvalue weighted by molar-refractivity contribution is -0.130. The molecule has 2 rings (SSSR count). The van der Waals surface area contributed by atoms with Gasteiger partial charge in [0, 0.05) is 20.1 Å². The van der Waals surface area contributed by atoms with Crippen LogP contribution in [-0.2, 0) is 4.79 Å². The number of hydrogen-bond acceptors (Lipinski definition) is 2. The molecule has 0 saturated carbocycles. The van der Waals surface area contributed by atoms with Gasteiger partial charge in [-0.25, -0.2) is 4.39 Å². The molecule has 0 bridgehead atoms. The first kappa shape index (κ1) is 15.0. The molecule has 0 N–H and O–H groups in total. The lowest BCUT2D eigenvalue weighted by Gasteiger charge is -2.21. The summed E-state index contributed by atoms with van der Waals surface area (Å²) in [4.78, 5) is 27.1. The van der Waals surface area contributed by atoms with Gasteiger partial charge in [-0.05, 0) is 40.9 Å². The van der Waals surface area contributed by atoms with Crippen molar-refractivity contribution in [1.82, 2.24) is 9.80 Å². The maximum Gasteiger partial charge on any atom is 0.257 e. The number of hydrogen-bond donors (Lipinski definition) is 0. The molecule has 0 unspecified atom stereocenters. The number of rotatable bonds is 3. The summed E-state index contributed by atoms with van der Waals surface area (Å²) in [5.41, 5.74) is -0.0314. The fourth-order valence-electron chi connectivity index (χ4n) is 2.22. The summed E-state index contributed by atoms with van der Waals surface area (Å²) in [5.74, 6) is -1.18. The van der Waals surface area contributed by atoms with Gasteiger partial charge in [0.15, 0.2) is 0 Å². The van der Waals surface area contributed by atoms with Gasteiger partial charge in [-0.3, -0.25) is 9.59 Å². The van der Waals surface area contributed by atoms with Gasteiger partial charge in [0.25, 0.3) is 5.91 Å². The molecule has 1 heterocycles. The van der Waals surface area contributed by atoms with Crippen molar-refractivity contribution in [2.45, 2.75) is 12.8 Å². The molecule has 0 spiro atoms. The van der Waals surface area contributed by atoms with Gasteiger partial charge in [0.1, 0.15) is 5.82 Å². The average molecular weight is 343 g/mol. The fraction of sp³-hybridized carbons (Fsp3) is 0.429. The van der Waals surface area contributed by atoms with Crippen LogP contribution in [0, 0.1) is 5.82 Å². The summed E-state index contributed by atoms with van der Waals surface area (Å²) < 4.78 is 14.1. The van der Waals surface area contributed by atoms with E-state index < -0.39 is 11.7 Å². The van der Waals surface area contributed by atoms with E-state index in [0.29, 0.717) is 0 Å². The Morgan fingerprint density at radius 3 is 2.65 bits per heavy atom. The van der Waals surface area contributed by atoms with E-state index in [1.54, 1.807) is 11.0 Å². The molecule has 0 atom stereocenters. The van der Waals surface area contributed by atoms with Gasteiger partial charge in [-0.15, -0.1) is 0 Å². The third kappa shape index (κ3) is 3.17. The molecule has 1 aromatic carbocycles. The van der Waals surface area contributed by atoms with Crippen molar-refractivity contribution >= 4 is 27.7 Å². The van der Waals surface area contributed by atoms with Crippen LogP contribution in [0.2, 0.25) is 0 Å². The molecule has 2 amide bonds. The highest BCUT2D eigenvalue weighted by Crippen LogP contribution is 2.19. The molecule has 4 nitrogen and oxygen atoms in total. The number of halogens is 2. The molecule has 0 radical (unpaired) electrons. The maximum absolute atomic E-state index is 13.9. The quantitative estimate of drug-likeness (QED) is 0.845. The highest BCUT2D eigenvalue weighted by molar-refractivity contribution is 9.10. The van der Waals surface area contributed by atoms with Gasteiger partial charge >= 0.3 is 0 Å². The number of likely N-dealkylation sites (tertiary alicyclic amines) is 1. The summed E-state index contributed by atoms with van der Waals surface area (Å²) in [6.07, 6.45) is 2.01. The predicted molar refractivity (Wildman–Crippen MR) is 76.9 cm³/mol. The first-order valence-corrected chi connectivity index (χ1v) is 7.27. The lowest BCUT2D eigenvalue weighted by Crippen LogP contribution is -2.40. The van der Waals surface area contributed by atoms with Crippen molar-refractivity contribution in [1.29, 1.82) is 0 Å². The molecule has 1 aliphatic rings. The van der Waals surface area contributed by atoms with Crippen molar-refractivity contribution in [3.05, 3.63) is 34.1 Å². The molecule has 0 aromatic heterocycles. The Labute approximate surface area is 125 Å². The average Bonchev–Trinajstić information content (AvgIpc) is 2.95. The molecule has 1 aromatic rings. The van der Waals surface area contributed by atoms with Gasteiger partial charge in [-0.1, -0.05) is 6.07 Å². The fourth-order valence-corrected chi connectivity index (χ4v) is 2.58. The van der Waals surface area contributed by atoms with Gasteiger partial charge in [0.2, 0.25) is 5.91 Å². The summed E-state index contributed by atoms with van der Waals surface area (Å²) in [7, 11) is 1.51. The van der Waals surface area contributed by atoms with E-state index in [4.69, 9.17) is 0 Å². The number of carbonyl (C=O) groups is 2. The minimum atomic E-state index is -0.599. The standard InChI is InChI=1S/C14H16BrFN2O2/c1-17(9-12(19)18-7-2-3-8-18)14(20)10-5-4-6-11(15)13(10)16/h4-6H,2-3,7-9H2,1H3. The Morgan fingerprint density at radius 2 is 2.00 bits per heavy atom. The van der Waals surface area contributed by atoms with Gasteiger partial charge in [0.05, 0.1) is 16.6 Å². The number of benzene rings is 1. The first-order valence-electron chi connectivity index (χ1n) is 6.48. The van der Waals surface area contributed by atoms with E-state index in [1.807, 2.05) is 0 Å². The number of carbonyl (C=O) groups excluding carboxylic acids is 2. The normalized spacial score (nSPS) is 14.4. The van der Waals surface area contributed by atoms with Crippen LogP contribution in [0.1, 0.15) is 23.2 Å². The van der Waals surface area contributed by atoms with E-state index >= 15 is 0 Å². The lowest BCUT2D eigenvalue weighted by atomic mass is 10.2. The van der Waals surface area contributed by atoms with Crippen LogP contribution in [0.25, 0.3) is 0 Å². The predicted octanol–water partition coefficient (Wildman–Crippen LogP) is 2.28. The Hall–Kier alpha value is -1.43. The second-order valence-electron chi connectivity index (χ2n) is 4.85. The maximum atomic E-state index is 13.9. The van der Waals surface area contributed by atoms with Crippen LogP contribution >= 0.6 is 15.9 Å².